The van der Waals surface area contributed by atoms with Gasteiger partial charge in [-0.05, 0) is 6.07 Å². The van der Waals surface area contributed by atoms with Crippen molar-refractivity contribution in [3.8, 4) is 0 Å². The van der Waals surface area contributed by atoms with Gasteiger partial charge in [0.15, 0.2) is 5.82 Å². The molecular formula is C12H12F2N2O. The van der Waals surface area contributed by atoms with Crippen molar-refractivity contribution in [2.75, 3.05) is 13.1 Å². The fraction of sp³-hybridized carbons (Fsp3) is 0.167. The molecular weight excluding hydrogens is 226 g/mol. The van der Waals surface area contributed by atoms with E-state index in [9.17, 15) is 13.6 Å². The SMILES string of the molecule is C=CCN(CC=C)C(=O)c1ccnc(F)c1F. The number of halogens is 2. The van der Waals surface area contributed by atoms with Gasteiger partial charge in [-0.2, -0.15) is 4.39 Å². The monoisotopic (exact) mass is 238 g/mol. The molecule has 0 radical (unpaired) electrons. The molecule has 0 saturated carbocycles. The normalized spacial score (nSPS) is 9.76. The minimum Gasteiger partial charge on any atom is -0.331 e. The summed E-state index contributed by atoms with van der Waals surface area (Å²) in [4.78, 5) is 16.3. The lowest BCUT2D eigenvalue weighted by Gasteiger charge is -2.19. The van der Waals surface area contributed by atoms with Crippen LogP contribution in [0.1, 0.15) is 10.4 Å². The molecule has 0 fully saturated rings. The highest BCUT2D eigenvalue weighted by Crippen LogP contribution is 2.12. The fourth-order valence-corrected chi connectivity index (χ4v) is 1.31. The number of nitrogens with zero attached hydrogens (tertiary/aromatic N) is 2. The Hall–Kier alpha value is -2.04. The second kappa shape index (κ2) is 5.89. The smallest absolute Gasteiger partial charge is 0.257 e. The van der Waals surface area contributed by atoms with Gasteiger partial charge in [0.05, 0.1) is 5.56 Å². The Morgan fingerprint density at radius 1 is 1.35 bits per heavy atom. The van der Waals surface area contributed by atoms with Crippen molar-refractivity contribution >= 4 is 5.91 Å². The molecule has 0 unspecified atom stereocenters. The summed E-state index contributed by atoms with van der Waals surface area (Å²) in [6.45, 7) is 7.44. The Kier molecular flexibility index (Phi) is 4.51. The van der Waals surface area contributed by atoms with Crippen LogP contribution in [0.15, 0.2) is 37.6 Å². The third-order valence-electron chi connectivity index (χ3n) is 2.06. The molecule has 90 valence electrons. The molecule has 0 atom stereocenters. The van der Waals surface area contributed by atoms with E-state index in [4.69, 9.17) is 0 Å². The lowest BCUT2D eigenvalue weighted by atomic mass is 10.2. The maximum absolute atomic E-state index is 13.4. The van der Waals surface area contributed by atoms with E-state index >= 15 is 0 Å². The molecule has 1 aromatic rings. The zero-order valence-corrected chi connectivity index (χ0v) is 9.20. The molecule has 1 aromatic heterocycles. The van der Waals surface area contributed by atoms with Gasteiger partial charge in [-0.15, -0.1) is 13.2 Å². The third-order valence-corrected chi connectivity index (χ3v) is 2.06. The van der Waals surface area contributed by atoms with Crippen LogP contribution in [0.25, 0.3) is 0 Å². The molecule has 0 aliphatic rings. The lowest BCUT2D eigenvalue weighted by molar-refractivity contribution is 0.0784. The van der Waals surface area contributed by atoms with Gasteiger partial charge in [0, 0.05) is 19.3 Å². The van der Waals surface area contributed by atoms with Crippen LogP contribution < -0.4 is 0 Å². The highest BCUT2D eigenvalue weighted by molar-refractivity contribution is 5.94. The number of hydrogen-bond acceptors (Lipinski definition) is 2. The number of amides is 1. The predicted octanol–water partition coefficient (Wildman–Crippen LogP) is 2.17. The maximum atomic E-state index is 13.4. The first kappa shape index (κ1) is 13.0. The molecule has 17 heavy (non-hydrogen) atoms. The van der Waals surface area contributed by atoms with Crippen LogP contribution in [0.4, 0.5) is 8.78 Å². The molecule has 1 heterocycles. The highest BCUT2D eigenvalue weighted by Gasteiger charge is 2.20. The van der Waals surface area contributed by atoms with Crippen molar-refractivity contribution in [1.82, 2.24) is 9.88 Å². The molecule has 3 nitrogen and oxygen atoms in total. The second-order valence-corrected chi connectivity index (χ2v) is 3.25. The van der Waals surface area contributed by atoms with E-state index < -0.39 is 17.7 Å². The average Bonchev–Trinajstić information content (AvgIpc) is 2.31. The summed E-state index contributed by atoms with van der Waals surface area (Å²) < 4.78 is 26.2. The van der Waals surface area contributed by atoms with E-state index in [0.29, 0.717) is 0 Å². The summed E-state index contributed by atoms with van der Waals surface area (Å²) >= 11 is 0. The number of pyridine rings is 1. The van der Waals surface area contributed by atoms with Gasteiger partial charge in [0.1, 0.15) is 0 Å². The second-order valence-electron chi connectivity index (χ2n) is 3.25. The molecule has 5 heteroatoms. The largest absolute Gasteiger partial charge is 0.331 e. The first-order valence-electron chi connectivity index (χ1n) is 4.92. The van der Waals surface area contributed by atoms with Crippen molar-refractivity contribution in [1.29, 1.82) is 0 Å². The zero-order chi connectivity index (χ0) is 12.8. The van der Waals surface area contributed by atoms with Gasteiger partial charge in [-0.3, -0.25) is 4.79 Å². The van der Waals surface area contributed by atoms with Crippen LogP contribution in [0.2, 0.25) is 0 Å². The van der Waals surface area contributed by atoms with Gasteiger partial charge >= 0.3 is 0 Å². The summed E-state index contributed by atoms with van der Waals surface area (Å²) in [5.41, 5.74) is -0.346. The Morgan fingerprint density at radius 3 is 2.47 bits per heavy atom. The molecule has 0 bridgehead atoms. The molecule has 0 aromatic carbocycles. The maximum Gasteiger partial charge on any atom is 0.257 e. The van der Waals surface area contributed by atoms with Gasteiger partial charge < -0.3 is 4.90 Å². The zero-order valence-electron chi connectivity index (χ0n) is 9.20. The molecule has 0 aliphatic heterocycles. The van der Waals surface area contributed by atoms with E-state index in [1.165, 1.54) is 17.1 Å². The minimum absolute atomic E-state index is 0.230. The highest BCUT2D eigenvalue weighted by atomic mass is 19.2. The van der Waals surface area contributed by atoms with E-state index in [0.717, 1.165) is 12.3 Å². The number of carbonyl (C=O) groups excluding carboxylic acids is 1. The van der Waals surface area contributed by atoms with E-state index in [1.807, 2.05) is 0 Å². The van der Waals surface area contributed by atoms with Crippen molar-refractivity contribution < 1.29 is 13.6 Å². The average molecular weight is 238 g/mol. The van der Waals surface area contributed by atoms with Gasteiger partial charge in [0.2, 0.25) is 5.95 Å². The first-order valence-corrected chi connectivity index (χ1v) is 4.92. The number of hydrogen-bond donors (Lipinski definition) is 0. The van der Waals surface area contributed by atoms with Crippen LogP contribution in [-0.2, 0) is 0 Å². The van der Waals surface area contributed by atoms with Gasteiger partial charge in [0.25, 0.3) is 5.91 Å². The topological polar surface area (TPSA) is 33.2 Å². The van der Waals surface area contributed by atoms with Gasteiger partial charge in [-0.25, -0.2) is 9.37 Å². The number of carbonyl (C=O) groups is 1. The number of rotatable bonds is 5. The van der Waals surface area contributed by atoms with Crippen LogP contribution >= 0.6 is 0 Å². The first-order chi connectivity index (χ1) is 8.11. The van der Waals surface area contributed by atoms with Crippen molar-refractivity contribution in [2.45, 2.75) is 0 Å². The Bertz CT molecular complexity index is 436. The molecule has 1 amide bonds. The quantitative estimate of drug-likeness (QED) is 0.582. The van der Waals surface area contributed by atoms with E-state index in [1.54, 1.807) is 0 Å². The molecule has 1 rings (SSSR count). The summed E-state index contributed by atoms with van der Waals surface area (Å²) in [5, 5.41) is 0. The van der Waals surface area contributed by atoms with Crippen LogP contribution in [0.3, 0.4) is 0 Å². The summed E-state index contributed by atoms with van der Waals surface area (Å²) in [6, 6.07) is 1.14. The van der Waals surface area contributed by atoms with Crippen molar-refractivity contribution in [3.63, 3.8) is 0 Å². The van der Waals surface area contributed by atoms with E-state index in [-0.39, 0.29) is 18.7 Å². The number of aromatic nitrogens is 1. The van der Waals surface area contributed by atoms with Crippen LogP contribution in [0.5, 0.6) is 0 Å². The minimum atomic E-state index is -1.28. The van der Waals surface area contributed by atoms with Crippen LogP contribution in [-0.4, -0.2) is 28.9 Å². The Balaban J connectivity index is 3.04. The summed E-state index contributed by atoms with van der Waals surface area (Å²) in [6.07, 6.45) is 4.04. The Morgan fingerprint density at radius 2 is 1.94 bits per heavy atom. The molecule has 0 spiro atoms. The predicted molar refractivity (Wildman–Crippen MR) is 60.5 cm³/mol. The van der Waals surface area contributed by atoms with Gasteiger partial charge in [-0.1, -0.05) is 12.2 Å². The summed E-state index contributed by atoms with van der Waals surface area (Å²) in [5.74, 6) is -3.15. The molecule has 0 saturated heterocycles. The van der Waals surface area contributed by atoms with Crippen LogP contribution in [0, 0.1) is 11.8 Å². The van der Waals surface area contributed by atoms with Crippen molar-refractivity contribution in [2.24, 2.45) is 0 Å². The molecule has 0 N–H and O–H groups in total. The third kappa shape index (κ3) is 2.96. The molecule has 0 aliphatic carbocycles. The standard InChI is InChI=1S/C12H12F2N2O/c1-3-7-16(8-4-2)12(17)9-5-6-15-11(14)10(9)13/h3-6H,1-2,7-8H2. The van der Waals surface area contributed by atoms with Crippen molar-refractivity contribution in [3.05, 3.63) is 54.9 Å². The Labute approximate surface area is 98.1 Å². The lowest BCUT2D eigenvalue weighted by Crippen LogP contribution is -2.32. The summed E-state index contributed by atoms with van der Waals surface area (Å²) in [7, 11) is 0. The fourth-order valence-electron chi connectivity index (χ4n) is 1.31. The van der Waals surface area contributed by atoms with E-state index in [2.05, 4.69) is 18.1 Å².